The number of hydrogen-bond acceptors (Lipinski definition) is 3. The van der Waals surface area contributed by atoms with Crippen LogP contribution in [0.25, 0.3) is 0 Å². The molecular formula is C11H18N2S. The number of rotatable bonds is 4. The van der Waals surface area contributed by atoms with Crippen molar-refractivity contribution >= 4 is 11.8 Å². The molecule has 2 rings (SSSR count). The molecule has 0 bridgehead atoms. The maximum atomic E-state index is 9.08. The van der Waals surface area contributed by atoms with Crippen molar-refractivity contribution in [2.75, 3.05) is 5.75 Å². The molecule has 2 aliphatic rings. The fourth-order valence-corrected chi connectivity index (χ4v) is 3.63. The molecule has 0 aliphatic heterocycles. The fourth-order valence-electron chi connectivity index (χ4n) is 2.15. The molecule has 2 fully saturated rings. The van der Waals surface area contributed by atoms with Crippen molar-refractivity contribution in [3.8, 4) is 6.07 Å². The van der Waals surface area contributed by atoms with Gasteiger partial charge < -0.3 is 5.73 Å². The molecule has 1 unspecified atom stereocenters. The molecule has 0 heterocycles. The van der Waals surface area contributed by atoms with Crippen molar-refractivity contribution in [1.29, 1.82) is 5.26 Å². The summed E-state index contributed by atoms with van der Waals surface area (Å²) in [6, 6.07) is 2.32. The number of hydrogen-bond donors (Lipinski definition) is 1. The third-order valence-electron chi connectivity index (χ3n) is 3.37. The summed E-state index contributed by atoms with van der Waals surface area (Å²) in [6.45, 7) is 0. The maximum Gasteiger partial charge on any atom is 0.116 e. The zero-order valence-corrected chi connectivity index (χ0v) is 9.35. The maximum absolute atomic E-state index is 9.08. The quantitative estimate of drug-likeness (QED) is 0.774. The van der Waals surface area contributed by atoms with E-state index in [-0.39, 0.29) is 0 Å². The summed E-state index contributed by atoms with van der Waals surface area (Å²) in [5.74, 6) is 1.33. The van der Waals surface area contributed by atoms with Gasteiger partial charge in [-0.1, -0.05) is 12.8 Å². The molecule has 0 radical (unpaired) electrons. The lowest BCUT2D eigenvalue weighted by molar-refractivity contribution is 0.531. The van der Waals surface area contributed by atoms with Crippen LogP contribution < -0.4 is 5.73 Å². The van der Waals surface area contributed by atoms with Gasteiger partial charge in [0.25, 0.3) is 0 Å². The van der Waals surface area contributed by atoms with E-state index in [1.807, 2.05) is 11.8 Å². The van der Waals surface area contributed by atoms with Crippen LogP contribution in [-0.4, -0.2) is 16.5 Å². The van der Waals surface area contributed by atoms with Gasteiger partial charge in [0, 0.05) is 11.0 Å². The van der Waals surface area contributed by atoms with Gasteiger partial charge in [-0.2, -0.15) is 17.0 Å². The smallest absolute Gasteiger partial charge is 0.116 e. The molecule has 78 valence electrons. The normalized spacial score (nSPS) is 27.1. The van der Waals surface area contributed by atoms with E-state index in [0.29, 0.717) is 5.92 Å². The number of nitrogens with zero attached hydrogens (tertiary/aromatic N) is 1. The molecule has 2 nitrogen and oxygen atoms in total. The largest absolute Gasteiger partial charge is 0.312 e. The van der Waals surface area contributed by atoms with Crippen LogP contribution in [0.5, 0.6) is 0 Å². The third-order valence-corrected chi connectivity index (χ3v) is 4.96. The second kappa shape index (κ2) is 4.12. The monoisotopic (exact) mass is 210 g/mol. The van der Waals surface area contributed by atoms with Crippen LogP contribution in [0.15, 0.2) is 0 Å². The van der Waals surface area contributed by atoms with Crippen LogP contribution in [0.1, 0.15) is 38.5 Å². The molecule has 0 amide bonds. The Morgan fingerprint density at radius 3 is 2.43 bits per heavy atom. The Bertz CT molecular complexity index is 238. The van der Waals surface area contributed by atoms with Gasteiger partial charge in [-0.05, 0) is 31.6 Å². The molecule has 2 aliphatic carbocycles. The summed E-state index contributed by atoms with van der Waals surface area (Å²) in [5.41, 5.74) is 5.58. The minimum absolute atomic E-state index is 0.487. The van der Waals surface area contributed by atoms with Crippen LogP contribution >= 0.6 is 11.8 Å². The van der Waals surface area contributed by atoms with E-state index in [1.165, 1.54) is 25.7 Å². The molecule has 2 saturated carbocycles. The van der Waals surface area contributed by atoms with Crippen LogP contribution in [0, 0.1) is 17.2 Å². The summed E-state index contributed by atoms with van der Waals surface area (Å²) in [7, 11) is 0. The van der Waals surface area contributed by atoms with Crippen LogP contribution in [0.4, 0.5) is 0 Å². The number of nitrogens with two attached hydrogens (primary N) is 1. The van der Waals surface area contributed by atoms with E-state index in [1.54, 1.807) is 0 Å². The second-order valence-corrected chi connectivity index (χ2v) is 5.93. The summed E-state index contributed by atoms with van der Waals surface area (Å²) in [6.07, 6.45) is 7.72. The zero-order chi connectivity index (χ0) is 10.0. The highest BCUT2D eigenvalue weighted by Gasteiger charge is 2.42. The fraction of sp³-hybridized carbons (Fsp3) is 0.909. The van der Waals surface area contributed by atoms with Gasteiger partial charge in [-0.3, -0.25) is 0 Å². The predicted molar refractivity (Wildman–Crippen MR) is 60.0 cm³/mol. The van der Waals surface area contributed by atoms with E-state index >= 15 is 0 Å². The summed E-state index contributed by atoms with van der Waals surface area (Å²) < 4.78 is 0. The average Bonchev–Trinajstić information content (AvgIpc) is 2.94. The summed E-state index contributed by atoms with van der Waals surface area (Å²) in [5, 5.41) is 9.86. The number of thioether (sulfide) groups is 1. The molecule has 0 aromatic rings. The Labute approximate surface area is 90.2 Å². The molecule has 3 heteroatoms. The topological polar surface area (TPSA) is 49.8 Å². The van der Waals surface area contributed by atoms with Gasteiger partial charge in [0.1, 0.15) is 5.54 Å². The van der Waals surface area contributed by atoms with Gasteiger partial charge in [-0.25, -0.2) is 0 Å². The zero-order valence-electron chi connectivity index (χ0n) is 8.54. The van der Waals surface area contributed by atoms with Gasteiger partial charge in [-0.15, -0.1) is 0 Å². The Morgan fingerprint density at radius 2 is 1.93 bits per heavy atom. The van der Waals surface area contributed by atoms with Crippen molar-refractivity contribution < 1.29 is 0 Å². The summed E-state index contributed by atoms with van der Waals surface area (Å²) in [4.78, 5) is 0. The first-order chi connectivity index (χ1) is 6.74. The standard InChI is InChI=1S/C11H18N2S/c12-7-11(13,9-5-6-9)8-14-10-3-1-2-4-10/h9-10H,1-6,8,13H2. The van der Waals surface area contributed by atoms with E-state index in [0.717, 1.165) is 23.8 Å². The number of nitriles is 1. The SMILES string of the molecule is N#CC(N)(CSC1CCCC1)C1CC1. The van der Waals surface area contributed by atoms with Crippen LogP contribution in [0.3, 0.4) is 0 Å². The van der Waals surface area contributed by atoms with Crippen LogP contribution in [0.2, 0.25) is 0 Å². The summed E-state index contributed by atoms with van der Waals surface area (Å²) >= 11 is 1.94. The Kier molecular flexibility index (Phi) is 3.04. The van der Waals surface area contributed by atoms with Gasteiger partial charge in [0.05, 0.1) is 6.07 Å². The highest BCUT2D eigenvalue weighted by Crippen LogP contribution is 2.41. The first-order valence-corrected chi connectivity index (χ1v) is 6.61. The minimum atomic E-state index is -0.521. The minimum Gasteiger partial charge on any atom is -0.312 e. The van der Waals surface area contributed by atoms with Gasteiger partial charge >= 0.3 is 0 Å². The van der Waals surface area contributed by atoms with Crippen molar-refractivity contribution in [2.24, 2.45) is 11.7 Å². The predicted octanol–water partition coefficient (Wildman–Crippen LogP) is 2.29. The molecule has 0 aromatic heterocycles. The molecule has 0 saturated heterocycles. The van der Waals surface area contributed by atoms with Crippen LogP contribution in [-0.2, 0) is 0 Å². The Hall–Kier alpha value is -0.200. The Balaban J connectivity index is 1.80. The second-order valence-electron chi connectivity index (χ2n) is 4.64. The lowest BCUT2D eigenvalue weighted by atomic mass is 10.00. The average molecular weight is 210 g/mol. The molecule has 0 aromatic carbocycles. The highest BCUT2D eigenvalue weighted by molar-refractivity contribution is 8.00. The van der Waals surface area contributed by atoms with Gasteiger partial charge in [0.2, 0.25) is 0 Å². The third kappa shape index (κ3) is 2.24. The molecular weight excluding hydrogens is 192 g/mol. The van der Waals surface area contributed by atoms with Crippen molar-refractivity contribution in [3.63, 3.8) is 0 Å². The van der Waals surface area contributed by atoms with E-state index in [2.05, 4.69) is 6.07 Å². The lowest BCUT2D eigenvalue weighted by Crippen LogP contribution is -2.43. The first kappa shape index (κ1) is 10.3. The van der Waals surface area contributed by atoms with Gasteiger partial charge in [0.15, 0.2) is 0 Å². The van der Waals surface area contributed by atoms with Crippen molar-refractivity contribution in [2.45, 2.75) is 49.3 Å². The molecule has 1 atom stereocenters. The first-order valence-electron chi connectivity index (χ1n) is 5.56. The molecule has 14 heavy (non-hydrogen) atoms. The molecule has 0 spiro atoms. The van der Waals surface area contributed by atoms with E-state index < -0.39 is 5.54 Å². The van der Waals surface area contributed by atoms with Crippen molar-refractivity contribution in [3.05, 3.63) is 0 Å². The lowest BCUT2D eigenvalue weighted by Gasteiger charge is -2.22. The van der Waals surface area contributed by atoms with Crippen molar-refractivity contribution in [1.82, 2.24) is 0 Å². The highest BCUT2D eigenvalue weighted by atomic mass is 32.2. The Morgan fingerprint density at radius 1 is 1.29 bits per heavy atom. The van der Waals surface area contributed by atoms with E-state index in [9.17, 15) is 0 Å². The molecule has 2 N–H and O–H groups in total. The van der Waals surface area contributed by atoms with E-state index in [4.69, 9.17) is 11.0 Å².